The smallest absolute Gasteiger partial charge is 0.279 e. The van der Waals surface area contributed by atoms with Crippen LogP contribution in [0.15, 0.2) is 17.2 Å². The Bertz CT molecular complexity index is 841. The van der Waals surface area contributed by atoms with Crippen LogP contribution in [0.3, 0.4) is 0 Å². The lowest BCUT2D eigenvalue weighted by Crippen LogP contribution is -2.39. The molecule has 1 amide bonds. The number of aromatic nitrogens is 5. The van der Waals surface area contributed by atoms with Crippen LogP contribution in [0.2, 0.25) is 0 Å². The predicted octanol–water partition coefficient (Wildman–Crippen LogP) is -0.384. The van der Waals surface area contributed by atoms with Gasteiger partial charge in [0, 0.05) is 26.3 Å². The second-order valence-corrected chi connectivity index (χ2v) is 6.71. The zero-order valence-corrected chi connectivity index (χ0v) is 15.2. The maximum atomic E-state index is 13.1. The molecule has 9 nitrogen and oxygen atoms in total. The Morgan fingerprint density at radius 2 is 2.00 bits per heavy atom. The molecule has 1 fully saturated rings. The molecule has 9 heteroatoms. The van der Waals surface area contributed by atoms with E-state index in [-0.39, 0.29) is 29.1 Å². The Morgan fingerprint density at radius 3 is 2.60 bits per heavy atom. The molecule has 1 aliphatic heterocycles. The summed E-state index contributed by atoms with van der Waals surface area (Å²) >= 11 is 0. The van der Waals surface area contributed by atoms with E-state index in [0.29, 0.717) is 24.3 Å². The van der Waals surface area contributed by atoms with Gasteiger partial charge in [-0.1, -0.05) is 5.21 Å². The van der Waals surface area contributed by atoms with E-state index < -0.39 is 0 Å². The van der Waals surface area contributed by atoms with Crippen molar-refractivity contribution in [1.82, 2.24) is 34.6 Å². The number of carbonyl (C=O) groups excluding carboxylic acids is 1. The van der Waals surface area contributed by atoms with E-state index in [1.54, 1.807) is 42.9 Å². The van der Waals surface area contributed by atoms with Gasteiger partial charge in [0.15, 0.2) is 0 Å². The molecule has 1 saturated heterocycles. The summed E-state index contributed by atoms with van der Waals surface area (Å²) in [6, 6.07) is 0.0892. The fourth-order valence-corrected chi connectivity index (χ4v) is 3.36. The van der Waals surface area contributed by atoms with Crippen molar-refractivity contribution >= 4 is 5.91 Å². The molecule has 0 N–H and O–H groups in total. The van der Waals surface area contributed by atoms with Crippen LogP contribution in [-0.4, -0.2) is 73.7 Å². The van der Waals surface area contributed by atoms with Crippen molar-refractivity contribution < 1.29 is 4.79 Å². The molecule has 0 saturated carbocycles. The summed E-state index contributed by atoms with van der Waals surface area (Å²) in [5.41, 5.74) is 1.16. The molecule has 2 aromatic heterocycles. The predicted molar refractivity (Wildman–Crippen MR) is 91.4 cm³/mol. The van der Waals surface area contributed by atoms with Gasteiger partial charge in [-0.05, 0) is 33.5 Å². The van der Waals surface area contributed by atoms with Crippen molar-refractivity contribution in [2.24, 2.45) is 7.05 Å². The monoisotopic (exact) mass is 345 g/mol. The highest BCUT2D eigenvalue weighted by Crippen LogP contribution is 2.26. The van der Waals surface area contributed by atoms with Crippen LogP contribution in [0.5, 0.6) is 0 Å². The van der Waals surface area contributed by atoms with Gasteiger partial charge in [0.2, 0.25) is 0 Å². The molecule has 2 atom stereocenters. The van der Waals surface area contributed by atoms with Crippen LogP contribution in [0.4, 0.5) is 0 Å². The van der Waals surface area contributed by atoms with Gasteiger partial charge in [0.25, 0.3) is 11.5 Å². The number of amides is 1. The van der Waals surface area contributed by atoms with Gasteiger partial charge in [-0.15, -0.1) is 5.10 Å². The Hall–Kier alpha value is -2.55. The van der Waals surface area contributed by atoms with Crippen LogP contribution in [0, 0.1) is 13.8 Å². The molecular formula is C16H23N7O2. The fourth-order valence-electron chi connectivity index (χ4n) is 3.36. The van der Waals surface area contributed by atoms with E-state index in [0.717, 1.165) is 0 Å². The number of aryl methyl sites for hydroxylation is 2. The Morgan fingerprint density at radius 1 is 1.28 bits per heavy atom. The highest BCUT2D eigenvalue weighted by atomic mass is 16.2. The normalized spacial score (nSPS) is 20.5. The number of carbonyl (C=O) groups is 1. The molecule has 0 unspecified atom stereocenters. The van der Waals surface area contributed by atoms with Crippen LogP contribution in [0.25, 0.3) is 0 Å². The first-order valence-electron chi connectivity index (χ1n) is 8.17. The van der Waals surface area contributed by atoms with E-state index in [4.69, 9.17) is 0 Å². The SMILES string of the molecule is Cc1nn(C)c(=O)c(C(=O)N2C[C@@H](N(C)C)[C@@H](n3ccnn3)C2)c1C. The molecule has 3 heterocycles. The van der Waals surface area contributed by atoms with Crippen molar-refractivity contribution in [1.29, 1.82) is 0 Å². The lowest BCUT2D eigenvalue weighted by molar-refractivity contribution is 0.0777. The largest absolute Gasteiger partial charge is 0.335 e. The molecule has 25 heavy (non-hydrogen) atoms. The van der Waals surface area contributed by atoms with Gasteiger partial charge in [0.1, 0.15) is 5.56 Å². The Labute approximate surface area is 145 Å². The van der Waals surface area contributed by atoms with Crippen LogP contribution in [0.1, 0.15) is 27.7 Å². The molecule has 134 valence electrons. The van der Waals surface area contributed by atoms with E-state index >= 15 is 0 Å². The number of hydrogen-bond donors (Lipinski definition) is 0. The topological polar surface area (TPSA) is 89.2 Å². The molecule has 3 rings (SSSR count). The van der Waals surface area contributed by atoms with E-state index in [2.05, 4.69) is 20.3 Å². The molecule has 2 aromatic rings. The minimum atomic E-state index is -0.362. The lowest BCUT2D eigenvalue weighted by Gasteiger charge is -2.24. The first-order valence-corrected chi connectivity index (χ1v) is 8.17. The van der Waals surface area contributed by atoms with Gasteiger partial charge in [-0.2, -0.15) is 5.10 Å². The molecule has 0 radical (unpaired) electrons. The zero-order valence-electron chi connectivity index (χ0n) is 15.2. The minimum Gasteiger partial charge on any atom is -0.335 e. The van der Waals surface area contributed by atoms with E-state index in [1.807, 2.05) is 14.1 Å². The standard InChI is InChI=1S/C16H23N7O2/c1-10-11(2)18-21(5)15(24)14(10)16(25)22-8-12(20(3)4)13(9-22)23-7-6-17-19-23/h6-7,12-13H,8-9H2,1-5H3/t12-,13+/m1/s1. The quantitative estimate of drug-likeness (QED) is 0.753. The number of nitrogens with zero attached hydrogens (tertiary/aromatic N) is 7. The number of hydrogen-bond acceptors (Lipinski definition) is 6. The molecule has 0 aliphatic carbocycles. The van der Waals surface area contributed by atoms with Crippen molar-refractivity contribution in [3.63, 3.8) is 0 Å². The third kappa shape index (κ3) is 2.95. The zero-order chi connectivity index (χ0) is 18.3. The third-order valence-corrected chi connectivity index (χ3v) is 4.93. The fraction of sp³-hybridized carbons (Fsp3) is 0.562. The van der Waals surface area contributed by atoms with Gasteiger partial charge in [-0.25, -0.2) is 9.36 Å². The van der Waals surface area contributed by atoms with Crippen LogP contribution in [-0.2, 0) is 7.05 Å². The Balaban J connectivity index is 1.96. The average Bonchev–Trinajstić information content (AvgIpc) is 3.22. The number of likely N-dealkylation sites (tertiary alicyclic amines) is 1. The van der Waals surface area contributed by atoms with Gasteiger partial charge >= 0.3 is 0 Å². The summed E-state index contributed by atoms with van der Waals surface area (Å²) in [7, 11) is 5.52. The van der Waals surface area contributed by atoms with Crippen LogP contribution < -0.4 is 5.56 Å². The third-order valence-electron chi connectivity index (χ3n) is 4.93. The van der Waals surface area contributed by atoms with Gasteiger partial charge < -0.3 is 9.80 Å². The second-order valence-electron chi connectivity index (χ2n) is 6.71. The second kappa shape index (κ2) is 6.40. The molecule has 0 aromatic carbocycles. The van der Waals surface area contributed by atoms with Gasteiger partial charge in [0.05, 0.1) is 24.0 Å². The molecule has 0 bridgehead atoms. The average molecular weight is 345 g/mol. The van der Waals surface area contributed by atoms with E-state index in [1.165, 1.54) is 4.68 Å². The highest BCUT2D eigenvalue weighted by Gasteiger charge is 2.39. The summed E-state index contributed by atoms with van der Waals surface area (Å²) < 4.78 is 3.00. The first kappa shape index (κ1) is 17.3. The summed E-state index contributed by atoms with van der Waals surface area (Å²) in [5.74, 6) is -0.252. The molecule has 0 spiro atoms. The van der Waals surface area contributed by atoms with Crippen molar-refractivity contribution in [3.8, 4) is 0 Å². The van der Waals surface area contributed by atoms with Crippen LogP contribution >= 0.6 is 0 Å². The maximum absolute atomic E-state index is 13.1. The van der Waals surface area contributed by atoms with Gasteiger partial charge in [-0.3, -0.25) is 9.59 Å². The first-order chi connectivity index (χ1) is 11.8. The summed E-state index contributed by atoms with van der Waals surface area (Å²) in [4.78, 5) is 29.4. The minimum absolute atomic E-state index is 0.00598. The maximum Gasteiger partial charge on any atom is 0.279 e. The number of likely N-dealkylation sites (N-methyl/N-ethyl adjacent to an activating group) is 1. The summed E-state index contributed by atoms with van der Waals surface area (Å²) in [6.07, 6.45) is 3.43. The number of rotatable bonds is 3. The van der Waals surface area contributed by atoms with Crippen molar-refractivity contribution in [3.05, 3.63) is 39.6 Å². The summed E-state index contributed by atoms with van der Waals surface area (Å²) in [5, 5.41) is 12.1. The molecular weight excluding hydrogens is 322 g/mol. The van der Waals surface area contributed by atoms with Crippen molar-refractivity contribution in [2.75, 3.05) is 27.2 Å². The highest BCUT2D eigenvalue weighted by molar-refractivity contribution is 5.95. The lowest BCUT2D eigenvalue weighted by atomic mass is 10.1. The van der Waals surface area contributed by atoms with E-state index in [9.17, 15) is 9.59 Å². The summed E-state index contributed by atoms with van der Waals surface area (Å²) in [6.45, 7) is 4.58. The van der Waals surface area contributed by atoms with Crippen molar-refractivity contribution in [2.45, 2.75) is 25.9 Å². The Kier molecular flexibility index (Phi) is 4.42. The molecule has 1 aliphatic rings.